The Kier molecular flexibility index (Phi) is 11.2. The van der Waals surface area contributed by atoms with E-state index in [1.807, 2.05) is 19.1 Å². The largest absolute Gasteiger partial charge is 0.508 e. The van der Waals surface area contributed by atoms with Crippen LogP contribution in [0.2, 0.25) is 0 Å². The molecule has 45 heavy (non-hydrogen) atoms. The number of nitrogens with zero attached hydrogens (tertiary/aromatic N) is 2. The number of halogens is 2. The number of phenols is 1. The van der Waals surface area contributed by atoms with Gasteiger partial charge in [-0.15, -0.1) is 0 Å². The van der Waals surface area contributed by atoms with Crippen molar-refractivity contribution in [1.29, 1.82) is 0 Å². The average Bonchev–Trinajstić information content (AvgIpc) is 3.84. The minimum Gasteiger partial charge on any atom is -0.508 e. The summed E-state index contributed by atoms with van der Waals surface area (Å²) < 4.78 is 44.2. The third-order valence-electron chi connectivity index (χ3n) is 10.2. The molecule has 5 rings (SSSR count). The Morgan fingerprint density at radius 1 is 1.02 bits per heavy atom. The van der Waals surface area contributed by atoms with Gasteiger partial charge < -0.3 is 29.1 Å². The predicted octanol–water partition coefficient (Wildman–Crippen LogP) is 6.01. The molecule has 1 heterocycles. The van der Waals surface area contributed by atoms with Gasteiger partial charge in [0.2, 0.25) is 11.8 Å². The van der Waals surface area contributed by atoms with Gasteiger partial charge in [0.05, 0.1) is 26.2 Å². The highest BCUT2D eigenvalue weighted by atomic mass is 19.3. The quantitative estimate of drug-likeness (QED) is 0.181. The number of carbonyl (C=O) groups is 1. The van der Waals surface area contributed by atoms with Gasteiger partial charge >= 0.3 is 0 Å². The van der Waals surface area contributed by atoms with Crippen LogP contribution < -0.4 is 0 Å². The van der Waals surface area contributed by atoms with Gasteiger partial charge in [-0.05, 0) is 68.1 Å². The predicted molar refractivity (Wildman–Crippen MR) is 170 cm³/mol. The molecular weight excluding hydrogens is 578 g/mol. The molecule has 0 unspecified atom stereocenters. The number of methoxy groups -OCH3 is 2. The van der Waals surface area contributed by atoms with Crippen LogP contribution in [-0.4, -0.2) is 92.7 Å². The van der Waals surface area contributed by atoms with Gasteiger partial charge in [0, 0.05) is 63.7 Å². The van der Waals surface area contributed by atoms with Crippen LogP contribution in [0.15, 0.2) is 48.5 Å². The summed E-state index contributed by atoms with van der Waals surface area (Å²) in [6.07, 6.45) is 3.37. The van der Waals surface area contributed by atoms with Crippen molar-refractivity contribution in [3.8, 4) is 5.75 Å². The maximum absolute atomic E-state index is 13.8. The molecule has 2 aromatic carbocycles. The fourth-order valence-electron chi connectivity index (χ4n) is 7.20. The molecule has 7 nitrogen and oxygen atoms in total. The Labute approximate surface area is 266 Å². The lowest BCUT2D eigenvalue weighted by atomic mass is 9.68. The molecule has 3 aliphatic rings. The second kappa shape index (κ2) is 14.9. The average molecular weight is 629 g/mol. The molecular formula is C36H50F2N2O5. The lowest BCUT2D eigenvalue weighted by Gasteiger charge is -2.51. The van der Waals surface area contributed by atoms with E-state index in [9.17, 15) is 18.7 Å². The van der Waals surface area contributed by atoms with E-state index >= 15 is 0 Å². The molecule has 2 aromatic rings. The molecule has 2 aliphatic carbocycles. The second-order valence-electron chi connectivity index (χ2n) is 13.4. The summed E-state index contributed by atoms with van der Waals surface area (Å²) in [6, 6.07) is 16.1. The van der Waals surface area contributed by atoms with Gasteiger partial charge in [0.15, 0.2) is 6.29 Å². The van der Waals surface area contributed by atoms with E-state index in [-0.39, 0.29) is 55.7 Å². The summed E-state index contributed by atoms with van der Waals surface area (Å²) in [7, 11) is 3.05. The van der Waals surface area contributed by atoms with Crippen LogP contribution in [0.1, 0.15) is 68.6 Å². The van der Waals surface area contributed by atoms with Gasteiger partial charge in [0.25, 0.3) is 0 Å². The number of aromatic hydroxyl groups is 1. The Morgan fingerprint density at radius 2 is 1.71 bits per heavy atom. The first-order valence-corrected chi connectivity index (χ1v) is 16.5. The van der Waals surface area contributed by atoms with Crippen LogP contribution >= 0.6 is 0 Å². The Balaban J connectivity index is 1.16. The zero-order chi connectivity index (χ0) is 32.0. The van der Waals surface area contributed by atoms with Crippen molar-refractivity contribution in [2.24, 2.45) is 11.8 Å². The number of rotatable bonds is 16. The summed E-state index contributed by atoms with van der Waals surface area (Å²) in [6.45, 7) is 5.79. The summed E-state index contributed by atoms with van der Waals surface area (Å²) in [5.74, 6) is -1.57. The normalized spacial score (nSPS) is 20.6. The molecule has 248 valence electrons. The van der Waals surface area contributed by atoms with Crippen molar-refractivity contribution >= 4 is 5.91 Å². The van der Waals surface area contributed by atoms with Crippen LogP contribution in [0, 0.1) is 11.8 Å². The van der Waals surface area contributed by atoms with E-state index in [1.54, 1.807) is 11.0 Å². The maximum atomic E-state index is 13.8. The number of benzene rings is 2. The molecule has 3 fully saturated rings. The van der Waals surface area contributed by atoms with E-state index in [4.69, 9.17) is 14.2 Å². The molecule has 0 spiro atoms. The highest BCUT2D eigenvalue weighted by molar-refractivity contribution is 5.76. The molecule has 9 heteroatoms. The zero-order valence-corrected chi connectivity index (χ0v) is 27.1. The molecule has 2 saturated carbocycles. The van der Waals surface area contributed by atoms with Crippen LogP contribution in [0.4, 0.5) is 8.78 Å². The maximum Gasteiger partial charge on any atom is 0.248 e. The first-order chi connectivity index (χ1) is 21.6. The van der Waals surface area contributed by atoms with Crippen molar-refractivity contribution in [3.05, 3.63) is 65.2 Å². The SMILES string of the molecule is COC(CN(C(=O)CCOCCc1ccc(O)c(C2(c3ccccc3)CN(CC3CC3)C2)c1)[C@H](C)C1CCC(F)(F)CC1)OC. The number of hydrogen-bond acceptors (Lipinski definition) is 6. The van der Waals surface area contributed by atoms with Gasteiger partial charge in [-0.2, -0.15) is 0 Å². The molecule has 1 N–H and O–H groups in total. The van der Waals surface area contributed by atoms with Crippen molar-refractivity contribution in [2.75, 3.05) is 53.6 Å². The van der Waals surface area contributed by atoms with E-state index in [1.165, 1.54) is 32.6 Å². The lowest BCUT2D eigenvalue weighted by molar-refractivity contribution is -0.153. The number of phenolic OH excluding ortho intramolecular Hbond substituents is 1. The van der Waals surface area contributed by atoms with E-state index < -0.39 is 12.2 Å². The standard InChI is InChI=1S/C36H50F2N2O5/c1-26(29-13-17-36(37,38)18-14-29)40(23-34(43-2)44-3)33(42)16-20-45-19-15-27-11-12-32(41)31(21-27)35(30-7-5-4-6-8-30)24-39(25-35)22-28-9-10-28/h4-8,11-12,21,26,28-29,34,41H,9-10,13-20,22-25H2,1-3H3/t26-/m1/s1. The van der Waals surface area contributed by atoms with E-state index in [0.29, 0.717) is 31.6 Å². The number of alkyl halides is 2. The Morgan fingerprint density at radius 3 is 2.36 bits per heavy atom. The van der Waals surface area contributed by atoms with Crippen molar-refractivity contribution in [1.82, 2.24) is 9.80 Å². The molecule has 1 atom stereocenters. The first kappa shape index (κ1) is 33.8. The zero-order valence-electron chi connectivity index (χ0n) is 27.1. The Hall–Kier alpha value is -2.59. The van der Waals surface area contributed by atoms with Gasteiger partial charge in [0.1, 0.15) is 5.75 Å². The topological polar surface area (TPSA) is 71.5 Å². The van der Waals surface area contributed by atoms with Crippen LogP contribution in [-0.2, 0) is 30.8 Å². The number of ether oxygens (including phenoxy) is 3. The molecule has 1 amide bonds. The van der Waals surface area contributed by atoms with Crippen LogP contribution in [0.25, 0.3) is 0 Å². The van der Waals surface area contributed by atoms with Gasteiger partial charge in [-0.25, -0.2) is 8.78 Å². The number of likely N-dealkylation sites (tertiary alicyclic amines) is 1. The molecule has 0 aromatic heterocycles. The smallest absolute Gasteiger partial charge is 0.248 e. The molecule has 1 aliphatic heterocycles. The van der Waals surface area contributed by atoms with Gasteiger partial charge in [-0.3, -0.25) is 4.79 Å². The third kappa shape index (κ3) is 8.42. The highest BCUT2D eigenvalue weighted by Gasteiger charge is 2.48. The van der Waals surface area contributed by atoms with Gasteiger partial charge in [-0.1, -0.05) is 42.5 Å². The minimum absolute atomic E-state index is 0.00295. The van der Waals surface area contributed by atoms with Crippen LogP contribution in [0.3, 0.4) is 0 Å². The molecule has 0 bridgehead atoms. The van der Waals surface area contributed by atoms with Crippen molar-refractivity contribution in [2.45, 2.75) is 82.0 Å². The molecule has 0 radical (unpaired) electrons. The molecule has 1 saturated heterocycles. The lowest BCUT2D eigenvalue weighted by Crippen LogP contribution is -2.60. The number of carbonyl (C=O) groups excluding carboxylic acids is 1. The number of hydrogen-bond donors (Lipinski definition) is 1. The first-order valence-electron chi connectivity index (χ1n) is 16.5. The summed E-state index contributed by atoms with van der Waals surface area (Å²) >= 11 is 0. The minimum atomic E-state index is -2.62. The second-order valence-corrected chi connectivity index (χ2v) is 13.4. The van der Waals surface area contributed by atoms with E-state index in [0.717, 1.165) is 36.7 Å². The fourth-order valence-corrected chi connectivity index (χ4v) is 7.20. The third-order valence-corrected chi connectivity index (χ3v) is 10.2. The Bertz CT molecular complexity index is 1240. The monoisotopic (exact) mass is 628 g/mol. The van der Waals surface area contributed by atoms with E-state index in [2.05, 4.69) is 35.2 Å². The fraction of sp³-hybridized carbons (Fsp3) is 0.639. The van der Waals surface area contributed by atoms with Crippen molar-refractivity contribution < 1.29 is 32.9 Å². The summed E-state index contributed by atoms with van der Waals surface area (Å²) in [4.78, 5) is 17.6. The summed E-state index contributed by atoms with van der Waals surface area (Å²) in [5, 5.41) is 11.0. The van der Waals surface area contributed by atoms with Crippen molar-refractivity contribution in [3.63, 3.8) is 0 Å². The highest BCUT2D eigenvalue weighted by Crippen LogP contribution is 2.46. The number of amides is 1. The van der Waals surface area contributed by atoms with Crippen LogP contribution in [0.5, 0.6) is 5.75 Å². The summed E-state index contributed by atoms with van der Waals surface area (Å²) in [5.41, 5.74) is 3.03.